The highest BCUT2D eigenvalue weighted by atomic mass is 32.2. The number of aliphatic hydroxyl groups is 1. The van der Waals surface area contributed by atoms with Crippen molar-refractivity contribution >= 4 is 23.7 Å². The molecule has 0 bridgehead atoms. The van der Waals surface area contributed by atoms with E-state index >= 15 is 0 Å². The molecule has 1 unspecified atom stereocenters. The number of carbonyl (C=O) groups is 1. The van der Waals surface area contributed by atoms with Crippen molar-refractivity contribution in [3.8, 4) is 11.5 Å². The third-order valence-electron chi connectivity index (χ3n) is 5.96. The first-order valence-corrected chi connectivity index (χ1v) is 13.5. The van der Waals surface area contributed by atoms with Crippen molar-refractivity contribution in [1.29, 1.82) is 0 Å². The van der Waals surface area contributed by atoms with Crippen LogP contribution in [0.2, 0.25) is 0 Å². The Morgan fingerprint density at radius 2 is 1.53 bits per heavy atom. The van der Waals surface area contributed by atoms with Gasteiger partial charge in [-0.3, -0.25) is 0 Å². The van der Waals surface area contributed by atoms with Crippen LogP contribution in [0.15, 0.2) is 65.0 Å². The van der Waals surface area contributed by atoms with E-state index in [0.717, 1.165) is 28.4 Å². The highest BCUT2D eigenvalue weighted by molar-refractivity contribution is 7.99. The van der Waals surface area contributed by atoms with E-state index < -0.39 is 11.6 Å². The minimum Gasteiger partial charge on any atom is -0.497 e. The molecule has 0 radical (unpaired) electrons. The van der Waals surface area contributed by atoms with E-state index in [2.05, 4.69) is 6.92 Å². The number of benzene rings is 2. The van der Waals surface area contributed by atoms with Crippen molar-refractivity contribution in [3.05, 3.63) is 71.1 Å². The molecule has 2 aromatic rings. The van der Waals surface area contributed by atoms with Gasteiger partial charge in [0.15, 0.2) is 17.1 Å². The molecule has 0 spiro atoms. The quantitative estimate of drug-likeness (QED) is 0.450. The summed E-state index contributed by atoms with van der Waals surface area (Å²) in [6, 6.07) is 15.5. The van der Waals surface area contributed by atoms with Gasteiger partial charge in [0.05, 0.1) is 26.5 Å². The smallest absolute Gasteiger partial charge is 0.410 e. The number of hydrogen-bond donors (Lipinski definition) is 2. The first kappa shape index (κ1) is 29.2. The zero-order valence-electron chi connectivity index (χ0n) is 22.9. The number of thioether (sulfide) groups is 1. The Hall–Kier alpha value is -3.37. The molecule has 1 amide bonds. The van der Waals surface area contributed by atoms with Crippen molar-refractivity contribution in [3.63, 3.8) is 0 Å². The molecule has 38 heavy (non-hydrogen) atoms. The fourth-order valence-electron chi connectivity index (χ4n) is 4.28. The molecule has 1 aliphatic heterocycles. The highest BCUT2D eigenvalue weighted by Crippen LogP contribution is 2.36. The Balaban J connectivity index is 2.15. The van der Waals surface area contributed by atoms with Gasteiger partial charge in [0.2, 0.25) is 0 Å². The molecule has 9 nitrogen and oxygen atoms in total. The summed E-state index contributed by atoms with van der Waals surface area (Å²) in [5, 5.41) is 10.5. The number of amidine groups is 1. The lowest BCUT2D eigenvalue weighted by molar-refractivity contribution is 0.122. The van der Waals surface area contributed by atoms with Crippen LogP contribution < -0.4 is 15.2 Å². The van der Waals surface area contributed by atoms with Crippen LogP contribution >= 0.6 is 11.8 Å². The molecular formula is C28H38N4O5S. The number of aliphatic hydroxyl groups excluding tert-OH is 1. The molecule has 1 atom stereocenters. The molecular weight excluding hydrogens is 504 g/mol. The summed E-state index contributed by atoms with van der Waals surface area (Å²) in [5.41, 5.74) is 7.23. The number of primary amides is 1. The van der Waals surface area contributed by atoms with Crippen molar-refractivity contribution in [1.82, 2.24) is 9.80 Å². The van der Waals surface area contributed by atoms with Crippen LogP contribution in [0.4, 0.5) is 4.79 Å². The van der Waals surface area contributed by atoms with E-state index in [9.17, 15) is 9.90 Å². The Kier molecular flexibility index (Phi) is 9.93. The third-order valence-corrected chi connectivity index (χ3v) is 6.91. The number of nitrogens with zero attached hydrogens (tertiary/aromatic N) is 3. The number of ether oxygens (including phenoxy) is 3. The lowest BCUT2D eigenvalue weighted by Crippen LogP contribution is -2.52. The minimum atomic E-state index is -0.969. The van der Waals surface area contributed by atoms with Gasteiger partial charge in [0.1, 0.15) is 11.5 Å². The summed E-state index contributed by atoms with van der Waals surface area (Å²) in [7, 11) is 3.26. The second-order valence-corrected chi connectivity index (χ2v) is 11.0. The van der Waals surface area contributed by atoms with Gasteiger partial charge in [-0.2, -0.15) is 0 Å². The maximum atomic E-state index is 12.1. The van der Waals surface area contributed by atoms with E-state index in [0.29, 0.717) is 24.6 Å². The summed E-state index contributed by atoms with van der Waals surface area (Å²) >= 11 is 1.63. The van der Waals surface area contributed by atoms with E-state index in [1.54, 1.807) is 26.0 Å². The summed E-state index contributed by atoms with van der Waals surface area (Å²) in [6.45, 7) is 8.71. The average Bonchev–Trinajstić information content (AvgIpc) is 2.88. The van der Waals surface area contributed by atoms with E-state index in [-0.39, 0.29) is 17.9 Å². The van der Waals surface area contributed by atoms with Crippen molar-refractivity contribution in [2.45, 2.75) is 51.8 Å². The molecule has 1 heterocycles. The van der Waals surface area contributed by atoms with Crippen LogP contribution in [-0.4, -0.2) is 64.5 Å². The topological polar surface area (TPSA) is 110 Å². The standard InChI is InChI=1S/C28H38N4O5S/c1-7-38-27-30-25(24(37-26(29)34)23(18-33)32(27)28(2,3)4)31(16-19-8-12-21(35-5)13-9-19)17-20-10-14-22(36-6)15-11-20/h8-15,27,33H,7,16-18H2,1-6H3,(H2,29,34). The zero-order valence-corrected chi connectivity index (χ0v) is 23.7. The van der Waals surface area contributed by atoms with E-state index in [1.165, 1.54) is 0 Å². The maximum Gasteiger partial charge on any atom is 0.410 e. The predicted octanol–water partition coefficient (Wildman–Crippen LogP) is 4.55. The summed E-state index contributed by atoms with van der Waals surface area (Å²) in [5.74, 6) is 2.92. The number of hydrogen-bond acceptors (Lipinski definition) is 9. The molecule has 0 aliphatic carbocycles. The minimum absolute atomic E-state index is 0.157. The molecule has 2 aromatic carbocycles. The summed E-state index contributed by atoms with van der Waals surface area (Å²) in [6.07, 6.45) is -0.969. The SMILES string of the molecule is CCSC1N=C(N(Cc2ccc(OC)cc2)Cc2ccc(OC)cc2)C(OC(N)=O)=C(CO)N1C(C)(C)C. The average molecular weight is 543 g/mol. The lowest BCUT2D eigenvalue weighted by Gasteiger charge is -2.46. The van der Waals surface area contributed by atoms with Crippen LogP contribution in [0.1, 0.15) is 38.8 Å². The predicted molar refractivity (Wildman–Crippen MR) is 151 cm³/mol. The Morgan fingerprint density at radius 3 is 1.89 bits per heavy atom. The first-order chi connectivity index (χ1) is 18.1. The molecule has 3 rings (SSSR count). The number of carbonyl (C=O) groups excluding carboxylic acids is 1. The van der Waals surface area contributed by atoms with Gasteiger partial charge in [-0.05, 0) is 61.9 Å². The fourth-order valence-corrected chi connectivity index (χ4v) is 5.34. The largest absolute Gasteiger partial charge is 0.497 e. The molecule has 206 valence electrons. The maximum absolute atomic E-state index is 12.1. The zero-order chi connectivity index (χ0) is 27.9. The normalized spacial score (nSPS) is 15.7. The van der Waals surface area contributed by atoms with Crippen molar-refractivity contribution in [2.24, 2.45) is 10.7 Å². The van der Waals surface area contributed by atoms with Crippen LogP contribution in [-0.2, 0) is 17.8 Å². The van der Waals surface area contributed by atoms with Crippen LogP contribution in [0, 0.1) is 0 Å². The van der Waals surface area contributed by atoms with Gasteiger partial charge in [-0.15, -0.1) is 11.8 Å². The van der Waals surface area contributed by atoms with Crippen LogP contribution in [0.3, 0.4) is 0 Å². The number of nitrogens with two attached hydrogens (primary N) is 1. The number of aliphatic imine (C=N–C) groups is 1. The first-order valence-electron chi connectivity index (χ1n) is 12.4. The van der Waals surface area contributed by atoms with Crippen molar-refractivity contribution < 1.29 is 24.1 Å². The molecule has 0 saturated carbocycles. The molecule has 0 saturated heterocycles. The number of methoxy groups -OCH3 is 2. The Labute approximate surface area is 229 Å². The van der Waals surface area contributed by atoms with Crippen LogP contribution in [0.5, 0.6) is 11.5 Å². The third kappa shape index (κ3) is 7.14. The second-order valence-electron chi connectivity index (χ2n) is 9.68. The highest BCUT2D eigenvalue weighted by Gasteiger charge is 2.40. The van der Waals surface area contributed by atoms with Gasteiger partial charge < -0.3 is 34.9 Å². The van der Waals surface area contributed by atoms with Gasteiger partial charge in [0, 0.05) is 18.6 Å². The van der Waals surface area contributed by atoms with Gasteiger partial charge >= 0.3 is 6.09 Å². The second kappa shape index (κ2) is 12.9. The van der Waals surface area contributed by atoms with Crippen molar-refractivity contribution in [2.75, 3.05) is 26.6 Å². The van der Waals surface area contributed by atoms with Gasteiger partial charge in [-0.1, -0.05) is 31.2 Å². The summed E-state index contributed by atoms with van der Waals surface area (Å²) in [4.78, 5) is 21.2. The molecule has 10 heteroatoms. The summed E-state index contributed by atoms with van der Waals surface area (Å²) < 4.78 is 16.2. The van der Waals surface area contributed by atoms with Crippen LogP contribution in [0.25, 0.3) is 0 Å². The van der Waals surface area contributed by atoms with E-state index in [1.807, 2.05) is 79.1 Å². The fraction of sp³-hybridized carbons (Fsp3) is 0.429. The van der Waals surface area contributed by atoms with Gasteiger partial charge in [-0.25, -0.2) is 9.79 Å². The molecule has 0 aromatic heterocycles. The monoisotopic (exact) mass is 542 g/mol. The number of amides is 1. The van der Waals surface area contributed by atoms with E-state index in [4.69, 9.17) is 24.9 Å². The van der Waals surface area contributed by atoms with Gasteiger partial charge in [0.25, 0.3) is 0 Å². The molecule has 3 N–H and O–H groups in total. The Morgan fingerprint density at radius 1 is 1.03 bits per heavy atom. The molecule has 0 fully saturated rings. The lowest BCUT2D eigenvalue weighted by atomic mass is 10.0. The number of rotatable bonds is 10. The molecule has 1 aliphatic rings. The Bertz CT molecular complexity index is 1090.